The summed E-state index contributed by atoms with van der Waals surface area (Å²) >= 11 is 0. The summed E-state index contributed by atoms with van der Waals surface area (Å²) in [5.41, 5.74) is 6.26. The minimum absolute atomic E-state index is 0.145. The van der Waals surface area contributed by atoms with Crippen LogP contribution in [0.2, 0.25) is 0 Å². The molecule has 0 aromatic heterocycles. The van der Waals surface area contributed by atoms with Gasteiger partial charge in [-0.15, -0.1) is 0 Å². The van der Waals surface area contributed by atoms with Crippen molar-refractivity contribution < 1.29 is 22.1 Å². The van der Waals surface area contributed by atoms with Crippen LogP contribution in [0.4, 0.5) is 24.5 Å². The fraction of sp³-hybridized carbons (Fsp3) is 0.455. The smallest absolute Gasteiger partial charge is 0.387 e. The fourth-order valence-electron chi connectivity index (χ4n) is 1.90. The third-order valence-corrected chi connectivity index (χ3v) is 4.09. The standard InChI is InChI=1S/C11H13F3N2O2S/c12-7-5-8(15)9(6-10(7)18-11(13)14)16-1-3-19(17)4-2-16/h5-6,11H,1-4,15H2. The quantitative estimate of drug-likeness (QED) is 0.860. The maximum atomic E-state index is 13.4. The summed E-state index contributed by atoms with van der Waals surface area (Å²) in [5.74, 6) is -0.517. The van der Waals surface area contributed by atoms with Gasteiger partial charge in [0, 0.05) is 47.5 Å². The first-order chi connectivity index (χ1) is 8.97. The van der Waals surface area contributed by atoms with Gasteiger partial charge in [-0.3, -0.25) is 4.21 Å². The zero-order valence-corrected chi connectivity index (χ0v) is 10.8. The van der Waals surface area contributed by atoms with Crippen LogP contribution in [0.15, 0.2) is 12.1 Å². The van der Waals surface area contributed by atoms with Crippen LogP contribution in [0.5, 0.6) is 5.75 Å². The van der Waals surface area contributed by atoms with E-state index in [4.69, 9.17) is 5.73 Å². The van der Waals surface area contributed by atoms with Gasteiger partial charge in [-0.1, -0.05) is 0 Å². The predicted octanol–water partition coefficient (Wildman–Crippen LogP) is 1.58. The number of anilines is 2. The van der Waals surface area contributed by atoms with Crippen molar-refractivity contribution in [3.8, 4) is 5.75 Å². The Balaban J connectivity index is 2.26. The van der Waals surface area contributed by atoms with Crippen molar-refractivity contribution in [2.24, 2.45) is 0 Å². The van der Waals surface area contributed by atoms with Gasteiger partial charge in [-0.05, 0) is 0 Å². The van der Waals surface area contributed by atoms with Crippen molar-refractivity contribution in [3.05, 3.63) is 17.9 Å². The lowest BCUT2D eigenvalue weighted by Gasteiger charge is -2.29. The van der Waals surface area contributed by atoms with Crippen molar-refractivity contribution in [2.45, 2.75) is 6.61 Å². The monoisotopic (exact) mass is 294 g/mol. The first kappa shape index (κ1) is 14.0. The molecule has 19 heavy (non-hydrogen) atoms. The molecule has 8 heteroatoms. The maximum Gasteiger partial charge on any atom is 0.387 e. The molecule has 1 saturated heterocycles. The van der Waals surface area contributed by atoms with E-state index in [-0.39, 0.29) is 5.69 Å². The number of hydrogen-bond donors (Lipinski definition) is 1. The number of rotatable bonds is 3. The second-order valence-corrected chi connectivity index (χ2v) is 5.75. The molecular weight excluding hydrogens is 281 g/mol. The number of benzene rings is 1. The summed E-state index contributed by atoms with van der Waals surface area (Å²) < 4.78 is 53.1. The van der Waals surface area contributed by atoms with E-state index in [1.165, 1.54) is 0 Å². The lowest BCUT2D eigenvalue weighted by Crippen LogP contribution is -2.38. The van der Waals surface area contributed by atoms with E-state index in [0.29, 0.717) is 30.3 Å². The van der Waals surface area contributed by atoms with Crippen LogP contribution in [0.3, 0.4) is 0 Å². The van der Waals surface area contributed by atoms with Gasteiger partial charge in [0.2, 0.25) is 0 Å². The van der Waals surface area contributed by atoms with Crippen LogP contribution >= 0.6 is 0 Å². The van der Waals surface area contributed by atoms with Gasteiger partial charge in [0.25, 0.3) is 0 Å². The Labute approximate surface area is 110 Å². The Kier molecular flexibility index (Phi) is 4.18. The van der Waals surface area contributed by atoms with Gasteiger partial charge < -0.3 is 15.4 Å². The number of nitrogens with two attached hydrogens (primary N) is 1. The highest BCUT2D eigenvalue weighted by atomic mass is 32.2. The molecule has 0 amide bonds. The summed E-state index contributed by atoms with van der Waals surface area (Å²) in [5, 5.41) is 0. The van der Waals surface area contributed by atoms with Gasteiger partial charge in [0.05, 0.1) is 11.4 Å². The second kappa shape index (κ2) is 5.68. The third kappa shape index (κ3) is 3.31. The van der Waals surface area contributed by atoms with E-state index in [1.807, 2.05) is 0 Å². The Bertz CT molecular complexity index is 489. The third-order valence-electron chi connectivity index (χ3n) is 2.82. The van der Waals surface area contributed by atoms with Gasteiger partial charge in [0.1, 0.15) is 0 Å². The molecule has 0 unspecified atom stereocenters. The summed E-state index contributed by atoms with van der Waals surface area (Å²) in [6.07, 6.45) is 0. The second-order valence-electron chi connectivity index (χ2n) is 4.06. The molecule has 0 saturated carbocycles. The van der Waals surface area contributed by atoms with Crippen molar-refractivity contribution in [2.75, 3.05) is 35.2 Å². The van der Waals surface area contributed by atoms with Crippen LogP contribution < -0.4 is 15.4 Å². The molecule has 0 atom stereocenters. The highest BCUT2D eigenvalue weighted by molar-refractivity contribution is 7.85. The zero-order valence-electron chi connectivity index (χ0n) is 9.94. The van der Waals surface area contributed by atoms with Crippen LogP contribution in [-0.4, -0.2) is 35.4 Å². The number of halogens is 3. The minimum Gasteiger partial charge on any atom is -0.432 e. The van der Waals surface area contributed by atoms with E-state index in [2.05, 4.69) is 4.74 Å². The molecule has 0 aliphatic carbocycles. The van der Waals surface area contributed by atoms with Gasteiger partial charge in [-0.25, -0.2) is 4.39 Å². The predicted molar refractivity (Wildman–Crippen MR) is 67.5 cm³/mol. The lowest BCUT2D eigenvalue weighted by atomic mass is 10.2. The number of ether oxygens (including phenoxy) is 1. The Morgan fingerprint density at radius 3 is 2.53 bits per heavy atom. The molecule has 0 spiro atoms. The summed E-state index contributed by atoms with van der Waals surface area (Å²) in [7, 11) is -0.868. The van der Waals surface area contributed by atoms with Gasteiger partial charge in [-0.2, -0.15) is 8.78 Å². The van der Waals surface area contributed by atoms with Gasteiger partial charge in [0.15, 0.2) is 11.6 Å². The summed E-state index contributed by atoms with van der Waals surface area (Å²) in [4.78, 5) is 1.79. The molecule has 2 rings (SSSR count). The molecule has 1 aliphatic rings. The molecule has 1 aromatic rings. The van der Waals surface area contributed by atoms with E-state index in [9.17, 15) is 17.4 Å². The first-order valence-corrected chi connectivity index (χ1v) is 7.10. The average molecular weight is 294 g/mol. The van der Waals surface area contributed by atoms with E-state index < -0.39 is 29.0 Å². The van der Waals surface area contributed by atoms with Crippen LogP contribution in [0, 0.1) is 5.82 Å². The molecule has 1 heterocycles. The molecule has 0 radical (unpaired) electrons. The molecule has 1 aliphatic heterocycles. The van der Waals surface area contributed by atoms with Gasteiger partial charge >= 0.3 is 6.61 Å². The maximum absolute atomic E-state index is 13.4. The number of nitrogens with zero attached hydrogens (tertiary/aromatic N) is 1. The van der Waals surface area contributed by atoms with Crippen molar-refractivity contribution in [3.63, 3.8) is 0 Å². The number of nitrogen functional groups attached to an aromatic ring is 1. The van der Waals surface area contributed by atoms with E-state index in [1.54, 1.807) is 4.90 Å². The van der Waals surface area contributed by atoms with E-state index in [0.717, 1.165) is 12.1 Å². The molecule has 106 valence electrons. The molecule has 4 nitrogen and oxygen atoms in total. The SMILES string of the molecule is Nc1cc(F)c(OC(F)F)cc1N1CCS(=O)CC1. The van der Waals surface area contributed by atoms with Crippen molar-refractivity contribution >= 4 is 22.2 Å². The highest BCUT2D eigenvalue weighted by Gasteiger charge is 2.20. The summed E-state index contributed by atoms with van der Waals surface area (Å²) in [6, 6.07) is 2.11. The summed E-state index contributed by atoms with van der Waals surface area (Å²) in [6.45, 7) is -2.13. The first-order valence-electron chi connectivity index (χ1n) is 5.61. The van der Waals surface area contributed by atoms with Crippen LogP contribution in [-0.2, 0) is 10.8 Å². The fourth-order valence-corrected chi connectivity index (χ4v) is 2.95. The number of alkyl halides is 2. The minimum atomic E-state index is -3.10. The number of hydrogen-bond acceptors (Lipinski definition) is 4. The average Bonchev–Trinajstić information content (AvgIpc) is 2.33. The molecule has 2 N–H and O–H groups in total. The topological polar surface area (TPSA) is 55.6 Å². The molecular formula is C11H13F3N2O2S. The Hall–Kier alpha value is -1.44. The van der Waals surface area contributed by atoms with Crippen LogP contribution in [0.1, 0.15) is 0 Å². The lowest BCUT2D eigenvalue weighted by molar-refractivity contribution is -0.0521. The Morgan fingerprint density at radius 2 is 1.95 bits per heavy atom. The van der Waals surface area contributed by atoms with Crippen molar-refractivity contribution in [1.82, 2.24) is 0 Å². The zero-order chi connectivity index (χ0) is 14.0. The largest absolute Gasteiger partial charge is 0.432 e. The Morgan fingerprint density at radius 1 is 1.32 bits per heavy atom. The highest BCUT2D eigenvalue weighted by Crippen LogP contribution is 2.32. The van der Waals surface area contributed by atoms with Crippen molar-refractivity contribution in [1.29, 1.82) is 0 Å². The molecule has 1 aromatic carbocycles. The molecule has 0 bridgehead atoms. The van der Waals surface area contributed by atoms with Crippen LogP contribution in [0.25, 0.3) is 0 Å². The molecule has 1 fully saturated rings. The normalized spacial score (nSPS) is 16.9. The van der Waals surface area contributed by atoms with E-state index >= 15 is 0 Å².